The molecule has 94 valence electrons. The van der Waals surface area contributed by atoms with Gasteiger partial charge in [0.25, 0.3) is 0 Å². The van der Waals surface area contributed by atoms with Crippen LogP contribution in [0.3, 0.4) is 0 Å². The molecular formula is C12H12ClFN4. The first-order chi connectivity index (χ1) is 8.47. The Morgan fingerprint density at radius 3 is 2.83 bits per heavy atom. The Morgan fingerprint density at radius 1 is 1.56 bits per heavy atom. The van der Waals surface area contributed by atoms with E-state index < -0.39 is 5.82 Å². The SMILES string of the molecule is Cc1nn(Cc2ccc(F)cc2C(=N)N)cc1Cl. The molecule has 0 spiro atoms. The number of rotatable bonds is 3. The zero-order chi connectivity index (χ0) is 13.3. The molecule has 0 unspecified atom stereocenters. The predicted octanol–water partition coefficient (Wildman–Crippen LogP) is 2.32. The molecule has 0 saturated carbocycles. The predicted molar refractivity (Wildman–Crippen MR) is 68.5 cm³/mol. The Bertz CT molecular complexity index is 587. The number of halogens is 2. The molecule has 0 fully saturated rings. The van der Waals surface area contributed by atoms with Crippen molar-refractivity contribution in [3.8, 4) is 0 Å². The van der Waals surface area contributed by atoms with Crippen LogP contribution in [0.5, 0.6) is 0 Å². The van der Waals surface area contributed by atoms with Gasteiger partial charge in [-0.2, -0.15) is 5.10 Å². The van der Waals surface area contributed by atoms with E-state index in [0.717, 1.165) is 11.3 Å². The summed E-state index contributed by atoms with van der Waals surface area (Å²) in [5, 5.41) is 12.2. The standard InChI is InChI=1S/C12H12ClFN4/c1-7-11(13)6-18(17-7)5-8-2-3-9(14)4-10(8)12(15)16/h2-4,6H,5H2,1H3,(H3,15,16). The summed E-state index contributed by atoms with van der Waals surface area (Å²) in [6.07, 6.45) is 1.68. The van der Waals surface area contributed by atoms with Crippen molar-refractivity contribution >= 4 is 17.4 Å². The van der Waals surface area contributed by atoms with Gasteiger partial charge in [0.05, 0.1) is 17.3 Å². The summed E-state index contributed by atoms with van der Waals surface area (Å²) in [4.78, 5) is 0. The van der Waals surface area contributed by atoms with E-state index in [1.54, 1.807) is 23.9 Å². The average Bonchev–Trinajstić information content (AvgIpc) is 2.60. The summed E-state index contributed by atoms with van der Waals surface area (Å²) < 4.78 is 14.8. The number of nitrogens with one attached hydrogen (secondary N) is 1. The van der Waals surface area contributed by atoms with Gasteiger partial charge in [0.1, 0.15) is 11.7 Å². The second-order valence-corrected chi connectivity index (χ2v) is 4.38. The first-order valence-corrected chi connectivity index (χ1v) is 5.67. The lowest BCUT2D eigenvalue weighted by Gasteiger charge is -2.08. The highest BCUT2D eigenvalue weighted by Crippen LogP contribution is 2.16. The molecule has 0 atom stereocenters. The number of amidine groups is 1. The molecule has 6 heteroatoms. The van der Waals surface area contributed by atoms with Gasteiger partial charge in [0.15, 0.2) is 0 Å². The van der Waals surface area contributed by atoms with Gasteiger partial charge in [-0.3, -0.25) is 10.1 Å². The van der Waals surface area contributed by atoms with Crippen molar-refractivity contribution in [3.05, 3.63) is 52.1 Å². The van der Waals surface area contributed by atoms with E-state index in [-0.39, 0.29) is 5.84 Å². The third-order valence-electron chi connectivity index (χ3n) is 2.58. The smallest absolute Gasteiger partial charge is 0.123 e. The normalized spacial score (nSPS) is 10.6. The van der Waals surface area contributed by atoms with Gasteiger partial charge in [-0.05, 0) is 24.6 Å². The molecule has 0 aliphatic heterocycles. The minimum atomic E-state index is -0.418. The topological polar surface area (TPSA) is 67.7 Å². The maximum atomic E-state index is 13.1. The number of aryl methyl sites for hydroxylation is 1. The fourth-order valence-electron chi connectivity index (χ4n) is 1.69. The van der Waals surface area contributed by atoms with Gasteiger partial charge in [-0.15, -0.1) is 0 Å². The molecule has 4 nitrogen and oxygen atoms in total. The number of nitrogens with zero attached hydrogens (tertiary/aromatic N) is 2. The fraction of sp³-hybridized carbons (Fsp3) is 0.167. The molecule has 0 saturated heterocycles. The number of hydrogen-bond donors (Lipinski definition) is 2. The van der Waals surface area contributed by atoms with Crippen molar-refractivity contribution in [3.63, 3.8) is 0 Å². The van der Waals surface area contributed by atoms with E-state index in [9.17, 15) is 4.39 Å². The van der Waals surface area contributed by atoms with Crippen LogP contribution < -0.4 is 5.73 Å². The van der Waals surface area contributed by atoms with Crippen molar-refractivity contribution in [2.24, 2.45) is 5.73 Å². The van der Waals surface area contributed by atoms with Crippen LogP contribution >= 0.6 is 11.6 Å². The van der Waals surface area contributed by atoms with Crippen molar-refractivity contribution in [2.75, 3.05) is 0 Å². The average molecular weight is 267 g/mol. The third kappa shape index (κ3) is 2.51. The highest BCUT2D eigenvalue weighted by molar-refractivity contribution is 6.31. The Kier molecular flexibility index (Phi) is 3.34. The highest BCUT2D eigenvalue weighted by atomic mass is 35.5. The van der Waals surface area contributed by atoms with E-state index >= 15 is 0 Å². The van der Waals surface area contributed by atoms with Crippen molar-refractivity contribution in [1.82, 2.24) is 9.78 Å². The third-order valence-corrected chi connectivity index (χ3v) is 2.95. The van der Waals surface area contributed by atoms with Gasteiger partial charge in [0, 0.05) is 11.8 Å². The van der Waals surface area contributed by atoms with Gasteiger partial charge in [-0.25, -0.2) is 4.39 Å². The maximum absolute atomic E-state index is 13.1. The van der Waals surface area contributed by atoms with Gasteiger partial charge in [0.2, 0.25) is 0 Å². The largest absolute Gasteiger partial charge is 0.384 e. The van der Waals surface area contributed by atoms with E-state index in [0.29, 0.717) is 17.1 Å². The summed E-state index contributed by atoms with van der Waals surface area (Å²) in [5.74, 6) is -0.585. The minimum Gasteiger partial charge on any atom is -0.384 e. The summed E-state index contributed by atoms with van der Waals surface area (Å²) >= 11 is 5.91. The second kappa shape index (κ2) is 4.78. The number of hydrogen-bond acceptors (Lipinski definition) is 2. The lowest BCUT2D eigenvalue weighted by atomic mass is 10.1. The maximum Gasteiger partial charge on any atom is 0.123 e. The van der Waals surface area contributed by atoms with Gasteiger partial charge < -0.3 is 5.73 Å². The molecule has 0 aliphatic rings. The molecule has 18 heavy (non-hydrogen) atoms. The van der Waals surface area contributed by atoms with E-state index in [1.165, 1.54) is 12.1 Å². The second-order valence-electron chi connectivity index (χ2n) is 3.98. The zero-order valence-electron chi connectivity index (χ0n) is 9.74. The summed E-state index contributed by atoms with van der Waals surface area (Å²) in [6, 6.07) is 4.17. The lowest BCUT2D eigenvalue weighted by molar-refractivity contribution is 0.623. The van der Waals surface area contributed by atoms with Crippen LogP contribution in [0.4, 0.5) is 4.39 Å². The van der Waals surface area contributed by atoms with Crippen LogP contribution in [0.2, 0.25) is 5.02 Å². The van der Waals surface area contributed by atoms with E-state index in [2.05, 4.69) is 5.10 Å². The number of nitrogens with two attached hydrogens (primary N) is 1. The van der Waals surface area contributed by atoms with Crippen molar-refractivity contribution in [2.45, 2.75) is 13.5 Å². The summed E-state index contributed by atoms with van der Waals surface area (Å²) in [7, 11) is 0. The Balaban J connectivity index is 2.36. The van der Waals surface area contributed by atoms with Crippen LogP contribution in [-0.4, -0.2) is 15.6 Å². The molecule has 0 aliphatic carbocycles. The number of benzene rings is 1. The van der Waals surface area contributed by atoms with Crippen LogP contribution in [0, 0.1) is 18.2 Å². The first-order valence-electron chi connectivity index (χ1n) is 5.29. The zero-order valence-corrected chi connectivity index (χ0v) is 10.5. The fourth-order valence-corrected chi connectivity index (χ4v) is 1.84. The number of nitrogen functional groups attached to an aromatic ring is 1. The monoisotopic (exact) mass is 266 g/mol. The molecule has 0 amide bonds. The molecule has 3 N–H and O–H groups in total. The van der Waals surface area contributed by atoms with E-state index in [1.807, 2.05) is 0 Å². The lowest BCUT2D eigenvalue weighted by Crippen LogP contribution is -2.16. The molecule has 0 bridgehead atoms. The Labute approximate surface area is 109 Å². The first kappa shape index (κ1) is 12.6. The molecule has 1 aromatic carbocycles. The van der Waals surface area contributed by atoms with Gasteiger partial charge in [-0.1, -0.05) is 17.7 Å². The van der Waals surface area contributed by atoms with Crippen molar-refractivity contribution < 1.29 is 4.39 Å². The van der Waals surface area contributed by atoms with Crippen molar-refractivity contribution in [1.29, 1.82) is 5.41 Å². The van der Waals surface area contributed by atoms with Crippen LogP contribution in [-0.2, 0) is 6.54 Å². The quantitative estimate of drug-likeness (QED) is 0.661. The molecule has 2 aromatic rings. The molecule has 0 radical (unpaired) electrons. The Hall–Kier alpha value is -1.88. The van der Waals surface area contributed by atoms with Crippen LogP contribution in [0.1, 0.15) is 16.8 Å². The summed E-state index contributed by atoms with van der Waals surface area (Å²) in [5.41, 5.74) is 7.26. The molecule has 1 heterocycles. The summed E-state index contributed by atoms with van der Waals surface area (Å²) in [6.45, 7) is 2.19. The molecule has 2 rings (SSSR count). The van der Waals surface area contributed by atoms with Crippen LogP contribution in [0.25, 0.3) is 0 Å². The van der Waals surface area contributed by atoms with Gasteiger partial charge >= 0.3 is 0 Å². The Morgan fingerprint density at radius 2 is 2.28 bits per heavy atom. The van der Waals surface area contributed by atoms with E-state index in [4.69, 9.17) is 22.7 Å². The highest BCUT2D eigenvalue weighted by Gasteiger charge is 2.09. The van der Waals surface area contributed by atoms with Crippen LogP contribution in [0.15, 0.2) is 24.4 Å². The molecule has 1 aromatic heterocycles. The minimum absolute atomic E-state index is 0.167. The number of aromatic nitrogens is 2. The molecular weight excluding hydrogens is 255 g/mol.